The van der Waals surface area contributed by atoms with Crippen molar-refractivity contribution in [2.24, 2.45) is 0 Å². The van der Waals surface area contributed by atoms with Crippen LogP contribution in [0, 0.1) is 6.92 Å². The molecule has 1 aliphatic rings. The summed E-state index contributed by atoms with van der Waals surface area (Å²) in [6.07, 6.45) is 0.418. The number of carbonyl (C=O) groups excluding carboxylic acids is 1. The van der Waals surface area contributed by atoms with Gasteiger partial charge in [-0.15, -0.1) is 0 Å². The smallest absolute Gasteiger partial charge is 0.266 e. The van der Waals surface area contributed by atoms with Crippen molar-refractivity contribution in [1.82, 2.24) is 14.9 Å². The molecule has 3 aromatic rings. The van der Waals surface area contributed by atoms with Gasteiger partial charge in [0.15, 0.2) is 9.84 Å². The summed E-state index contributed by atoms with van der Waals surface area (Å²) in [5.41, 5.74) is 2.15. The Morgan fingerprint density at radius 3 is 2.61 bits per heavy atom. The predicted molar refractivity (Wildman–Crippen MR) is 127 cm³/mol. The van der Waals surface area contributed by atoms with Gasteiger partial charge in [-0.2, -0.15) is 0 Å². The first-order chi connectivity index (χ1) is 15.6. The number of aryl methyl sites for hydroxylation is 1. The number of ether oxygens (including phenoxy) is 1. The summed E-state index contributed by atoms with van der Waals surface area (Å²) in [4.78, 5) is 30.3. The molecular weight excluding hydrogens is 442 g/mol. The van der Waals surface area contributed by atoms with Gasteiger partial charge < -0.3 is 10.1 Å². The Labute approximate surface area is 191 Å². The number of hydrogen-bond donors (Lipinski definition) is 1. The zero-order valence-corrected chi connectivity index (χ0v) is 19.3. The number of nitrogens with zero attached hydrogens (tertiary/aromatic N) is 2. The lowest BCUT2D eigenvalue weighted by atomic mass is 10.1. The summed E-state index contributed by atoms with van der Waals surface area (Å²) in [6.45, 7) is 7.77. The van der Waals surface area contributed by atoms with Crippen LogP contribution in [0.5, 0.6) is 5.75 Å². The van der Waals surface area contributed by atoms with Crippen LogP contribution < -0.4 is 15.6 Å². The van der Waals surface area contributed by atoms with Crippen LogP contribution in [0.4, 0.5) is 0 Å². The fourth-order valence-corrected chi connectivity index (χ4v) is 5.49. The monoisotopic (exact) mass is 467 g/mol. The van der Waals surface area contributed by atoms with Crippen molar-refractivity contribution in [3.05, 3.63) is 76.4 Å². The molecular formula is C24H25N3O5S. The van der Waals surface area contributed by atoms with Crippen molar-refractivity contribution in [2.45, 2.75) is 26.3 Å². The van der Waals surface area contributed by atoms with E-state index < -0.39 is 9.84 Å². The maximum atomic E-state index is 13.3. The van der Waals surface area contributed by atoms with Gasteiger partial charge in [-0.05, 0) is 68.3 Å². The Kier molecular flexibility index (Phi) is 6.07. The van der Waals surface area contributed by atoms with Gasteiger partial charge in [-0.1, -0.05) is 6.58 Å². The van der Waals surface area contributed by atoms with Crippen LogP contribution in [0.2, 0.25) is 0 Å². The molecule has 1 aromatic heterocycles. The molecule has 172 valence electrons. The molecule has 4 rings (SSSR count). The molecule has 0 spiro atoms. The van der Waals surface area contributed by atoms with E-state index in [1.807, 2.05) is 6.92 Å². The fraction of sp³-hybridized carbons (Fsp3) is 0.292. The van der Waals surface area contributed by atoms with E-state index in [-0.39, 0.29) is 29.0 Å². The van der Waals surface area contributed by atoms with Crippen LogP contribution in [-0.4, -0.2) is 48.0 Å². The molecule has 9 heteroatoms. The number of hydrogen-bond acceptors (Lipinski definition) is 6. The van der Waals surface area contributed by atoms with Crippen molar-refractivity contribution in [1.29, 1.82) is 0 Å². The number of sulfone groups is 1. The van der Waals surface area contributed by atoms with Crippen LogP contribution in [0.15, 0.2) is 59.4 Å². The summed E-state index contributed by atoms with van der Waals surface area (Å²) in [5, 5.41) is 3.18. The van der Waals surface area contributed by atoms with Gasteiger partial charge in [-0.25, -0.2) is 13.4 Å². The van der Waals surface area contributed by atoms with E-state index in [0.717, 1.165) is 5.57 Å². The standard InChI is InChI=1S/C24H25N3O5S/c1-15(2)13-32-20-8-9-22-21(12-20)24(29)27(16(3)25-22)19-6-4-17(5-7-19)23(28)26-18-10-11-33(30,31)14-18/h4-9,12,18H,1,10-11,13-14H2,2-3H3,(H,26,28)/t18-/m1/s1. The van der Waals surface area contributed by atoms with Crippen molar-refractivity contribution in [2.75, 3.05) is 18.1 Å². The molecule has 1 amide bonds. The molecule has 0 aliphatic carbocycles. The first kappa shape index (κ1) is 22.7. The second-order valence-corrected chi connectivity index (χ2v) is 10.6. The SMILES string of the molecule is C=C(C)COc1ccc2nc(C)n(-c3ccc(C(=O)N[C@@H]4CCS(=O)(=O)C4)cc3)c(=O)c2c1. The van der Waals surface area contributed by atoms with Gasteiger partial charge in [0.2, 0.25) is 0 Å². The molecule has 1 aliphatic heterocycles. The summed E-state index contributed by atoms with van der Waals surface area (Å²) >= 11 is 0. The van der Waals surface area contributed by atoms with Crippen LogP contribution in [0.25, 0.3) is 16.6 Å². The van der Waals surface area contributed by atoms with Crippen LogP contribution in [0.3, 0.4) is 0 Å². The minimum atomic E-state index is -3.08. The average molecular weight is 468 g/mol. The lowest BCUT2D eigenvalue weighted by Crippen LogP contribution is -2.35. The highest BCUT2D eigenvalue weighted by Crippen LogP contribution is 2.20. The third kappa shape index (κ3) is 4.98. The topological polar surface area (TPSA) is 107 Å². The molecule has 33 heavy (non-hydrogen) atoms. The maximum Gasteiger partial charge on any atom is 0.266 e. The van der Waals surface area contributed by atoms with Gasteiger partial charge in [0.05, 0.1) is 28.1 Å². The first-order valence-electron chi connectivity index (χ1n) is 10.6. The third-order valence-corrected chi connectivity index (χ3v) is 7.22. The van der Waals surface area contributed by atoms with E-state index in [1.165, 1.54) is 4.57 Å². The fourth-order valence-electron chi connectivity index (χ4n) is 3.82. The number of carbonyl (C=O) groups is 1. The average Bonchev–Trinajstić information content (AvgIpc) is 3.11. The molecule has 0 radical (unpaired) electrons. The predicted octanol–water partition coefficient (Wildman–Crippen LogP) is 2.57. The van der Waals surface area contributed by atoms with Gasteiger partial charge in [-0.3, -0.25) is 14.2 Å². The second-order valence-electron chi connectivity index (χ2n) is 8.34. The highest BCUT2D eigenvalue weighted by Gasteiger charge is 2.29. The molecule has 0 bridgehead atoms. The van der Waals surface area contributed by atoms with Crippen molar-refractivity contribution in [3.8, 4) is 11.4 Å². The largest absolute Gasteiger partial charge is 0.489 e. The van der Waals surface area contributed by atoms with E-state index in [9.17, 15) is 18.0 Å². The van der Waals surface area contributed by atoms with E-state index in [0.29, 0.717) is 46.8 Å². The van der Waals surface area contributed by atoms with E-state index in [1.54, 1.807) is 49.4 Å². The van der Waals surface area contributed by atoms with E-state index in [4.69, 9.17) is 4.74 Å². The second kappa shape index (κ2) is 8.82. The van der Waals surface area contributed by atoms with Crippen LogP contribution in [0.1, 0.15) is 29.5 Å². The van der Waals surface area contributed by atoms with Crippen LogP contribution in [-0.2, 0) is 9.84 Å². The molecule has 1 atom stereocenters. The summed E-state index contributed by atoms with van der Waals surface area (Å²) in [7, 11) is -3.08. The minimum Gasteiger partial charge on any atom is -0.489 e. The Balaban J connectivity index is 1.61. The molecule has 8 nitrogen and oxygen atoms in total. The zero-order valence-electron chi connectivity index (χ0n) is 18.5. The summed E-state index contributed by atoms with van der Waals surface area (Å²) in [5.74, 6) is 0.779. The van der Waals surface area contributed by atoms with Gasteiger partial charge >= 0.3 is 0 Å². The lowest BCUT2D eigenvalue weighted by molar-refractivity contribution is 0.0941. The number of rotatable bonds is 6. The van der Waals surface area contributed by atoms with Crippen molar-refractivity contribution in [3.63, 3.8) is 0 Å². The van der Waals surface area contributed by atoms with E-state index in [2.05, 4.69) is 16.9 Å². The molecule has 0 saturated carbocycles. The van der Waals surface area contributed by atoms with Crippen LogP contribution >= 0.6 is 0 Å². The number of benzene rings is 2. The molecule has 0 unspecified atom stereocenters. The molecule has 1 saturated heterocycles. The lowest BCUT2D eigenvalue weighted by Gasteiger charge is -2.13. The Morgan fingerprint density at radius 1 is 1.24 bits per heavy atom. The normalized spacial score (nSPS) is 17.1. The molecule has 2 aromatic carbocycles. The summed E-state index contributed by atoms with van der Waals surface area (Å²) < 4.78 is 30.3. The highest BCUT2D eigenvalue weighted by molar-refractivity contribution is 7.91. The quantitative estimate of drug-likeness (QED) is 0.559. The number of nitrogens with one attached hydrogen (secondary N) is 1. The minimum absolute atomic E-state index is 0.0355. The van der Waals surface area contributed by atoms with Crippen molar-refractivity contribution < 1.29 is 17.9 Å². The molecule has 1 N–H and O–H groups in total. The summed E-state index contributed by atoms with van der Waals surface area (Å²) in [6, 6.07) is 11.4. The van der Waals surface area contributed by atoms with E-state index >= 15 is 0 Å². The Morgan fingerprint density at radius 2 is 1.97 bits per heavy atom. The number of fused-ring (bicyclic) bond motifs is 1. The number of aromatic nitrogens is 2. The van der Waals surface area contributed by atoms with Gasteiger partial charge in [0, 0.05) is 11.6 Å². The molecule has 1 fully saturated rings. The zero-order chi connectivity index (χ0) is 23.8. The Hall–Kier alpha value is -3.46. The van der Waals surface area contributed by atoms with Gasteiger partial charge in [0.25, 0.3) is 11.5 Å². The van der Waals surface area contributed by atoms with Crippen molar-refractivity contribution >= 4 is 26.6 Å². The number of amides is 1. The Bertz CT molecular complexity index is 1410. The first-order valence-corrected chi connectivity index (χ1v) is 12.4. The van der Waals surface area contributed by atoms with Gasteiger partial charge in [0.1, 0.15) is 18.2 Å². The molecule has 2 heterocycles. The third-order valence-electron chi connectivity index (χ3n) is 5.45. The highest BCUT2D eigenvalue weighted by atomic mass is 32.2. The maximum absolute atomic E-state index is 13.3.